The minimum absolute atomic E-state index is 0.0459. The maximum atomic E-state index is 14.4. The Morgan fingerprint density at radius 3 is 2.84 bits per heavy atom. The van der Waals surface area contributed by atoms with Gasteiger partial charge in [0.15, 0.2) is 0 Å². The Bertz CT molecular complexity index is 794. The Balaban J connectivity index is 1.62. The van der Waals surface area contributed by atoms with Gasteiger partial charge in [0.2, 0.25) is 5.91 Å². The standard InChI is InChI=1S/C18H19FN2O4/c19-13-7-14-10(3-4-15(22)20-14)6-12(13)16(23)21-8-11-2-1-5-18(11,9-21)17(24)25/h6-7,11H,1-5,8-9H2,(H,20,22)(H,24,25)/t11-,18+/m0/s1. The van der Waals surface area contributed by atoms with Crippen LogP contribution < -0.4 is 5.32 Å². The summed E-state index contributed by atoms with van der Waals surface area (Å²) in [6, 6.07) is 2.68. The van der Waals surface area contributed by atoms with Gasteiger partial charge in [-0.3, -0.25) is 14.4 Å². The number of amides is 2. The highest BCUT2D eigenvalue weighted by molar-refractivity contribution is 5.98. The van der Waals surface area contributed by atoms with Crippen molar-refractivity contribution in [3.8, 4) is 0 Å². The summed E-state index contributed by atoms with van der Waals surface area (Å²) in [5.41, 5.74) is 0.214. The van der Waals surface area contributed by atoms with Gasteiger partial charge in [-0.1, -0.05) is 6.42 Å². The lowest BCUT2D eigenvalue weighted by Crippen LogP contribution is -2.37. The summed E-state index contributed by atoms with van der Waals surface area (Å²) in [6.07, 6.45) is 2.97. The van der Waals surface area contributed by atoms with Crippen molar-refractivity contribution in [2.45, 2.75) is 32.1 Å². The highest BCUT2D eigenvalue weighted by atomic mass is 19.1. The minimum Gasteiger partial charge on any atom is -0.481 e. The number of carboxylic acid groups (broad SMARTS) is 1. The molecule has 2 aliphatic heterocycles. The number of carbonyl (C=O) groups excluding carboxylic acids is 2. The first kappa shape index (κ1) is 16.1. The zero-order chi connectivity index (χ0) is 17.8. The molecule has 2 amide bonds. The summed E-state index contributed by atoms with van der Waals surface area (Å²) >= 11 is 0. The van der Waals surface area contributed by atoms with Gasteiger partial charge in [0, 0.05) is 25.2 Å². The van der Waals surface area contributed by atoms with Crippen molar-refractivity contribution < 1.29 is 23.9 Å². The summed E-state index contributed by atoms with van der Waals surface area (Å²) in [6.45, 7) is 0.498. The van der Waals surface area contributed by atoms with Gasteiger partial charge >= 0.3 is 5.97 Å². The number of aryl methyl sites for hydroxylation is 1. The molecule has 2 fully saturated rings. The van der Waals surface area contributed by atoms with E-state index in [9.17, 15) is 23.9 Å². The Kier molecular flexibility index (Phi) is 3.56. The number of fused-ring (bicyclic) bond motifs is 2. The van der Waals surface area contributed by atoms with Crippen molar-refractivity contribution in [3.05, 3.63) is 29.1 Å². The van der Waals surface area contributed by atoms with Gasteiger partial charge < -0.3 is 15.3 Å². The Morgan fingerprint density at radius 2 is 2.12 bits per heavy atom. The van der Waals surface area contributed by atoms with E-state index in [0.717, 1.165) is 18.4 Å². The summed E-state index contributed by atoms with van der Waals surface area (Å²) < 4.78 is 14.4. The predicted molar refractivity (Wildman–Crippen MR) is 86.7 cm³/mol. The molecule has 2 N–H and O–H groups in total. The van der Waals surface area contributed by atoms with Crippen LogP contribution in [0.15, 0.2) is 12.1 Å². The molecule has 0 bridgehead atoms. The van der Waals surface area contributed by atoms with E-state index in [2.05, 4.69) is 5.32 Å². The molecule has 1 saturated carbocycles. The molecule has 7 heteroatoms. The number of anilines is 1. The van der Waals surface area contributed by atoms with E-state index < -0.39 is 23.1 Å². The maximum Gasteiger partial charge on any atom is 0.311 e. The average molecular weight is 346 g/mol. The van der Waals surface area contributed by atoms with Gasteiger partial charge in [0.1, 0.15) is 5.82 Å². The highest BCUT2D eigenvalue weighted by Gasteiger charge is 2.56. The monoisotopic (exact) mass is 346 g/mol. The molecule has 0 unspecified atom stereocenters. The molecule has 0 spiro atoms. The normalized spacial score (nSPS) is 27.6. The number of nitrogens with one attached hydrogen (secondary N) is 1. The van der Waals surface area contributed by atoms with E-state index in [1.807, 2.05) is 0 Å². The van der Waals surface area contributed by atoms with Crippen LogP contribution in [0.2, 0.25) is 0 Å². The molecule has 0 radical (unpaired) electrons. The minimum atomic E-state index is -0.881. The number of carboxylic acids is 1. The first-order valence-corrected chi connectivity index (χ1v) is 8.56. The summed E-state index contributed by atoms with van der Waals surface area (Å²) in [4.78, 5) is 37.5. The number of halogens is 1. The van der Waals surface area contributed by atoms with E-state index in [1.54, 1.807) is 0 Å². The molecule has 1 aromatic carbocycles. The van der Waals surface area contributed by atoms with Crippen molar-refractivity contribution in [1.29, 1.82) is 0 Å². The molecule has 25 heavy (non-hydrogen) atoms. The molecule has 1 saturated heterocycles. The number of rotatable bonds is 2. The first-order valence-electron chi connectivity index (χ1n) is 8.56. The van der Waals surface area contributed by atoms with Gasteiger partial charge in [-0.2, -0.15) is 0 Å². The van der Waals surface area contributed by atoms with Gasteiger partial charge in [-0.15, -0.1) is 0 Å². The fourth-order valence-corrected chi connectivity index (χ4v) is 4.53. The van der Waals surface area contributed by atoms with Gasteiger partial charge in [-0.25, -0.2) is 4.39 Å². The molecule has 2 atom stereocenters. The van der Waals surface area contributed by atoms with Crippen LogP contribution in [-0.2, 0) is 16.0 Å². The molecule has 3 aliphatic rings. The average Bonchev–Trinajstić information content (AvgIpc) is 3.11. The molecular weight excluding hydrogens is 327 g/mol. The summed E-state index contributed by atoms with van der Waals surface area (Å²) in [7, 11) is 0. The lowest BCUT2D eigenvalue weighted by Gasteiger charge is -2.24. The second kappa shape index (κ2) is 5.54. The van der Waals surface area contributed by atoms with Crippen molar-refractivity contribution >= 4 is 23.5 Å². The molecule has 1 aromatic rings. The zero-order valence-corrected chi connectivity index (χ0v) is 13.7. The van der Waals surface area contributed by atoms with Crippen molar-refractivity contribution in [2.75, 3.05) is 18.4 Å². The smallest absolute Gasteiger partial charge is 0.311 e. The molecule has 132 valence electrons. The number of carbonyl (C=O) groups is 3. The molecule has 2 heterocycles. The number of hydrogen-bond donors (Lipinski definition) is 2. The van der Waals surface area contributed by atoms with Gasteiger partial charge in [0.05, 0.1) is 11.0 Å². The predicted octanol–water partition coefficient (Wildman–Crippen LogP) is 2.04. The van der Waals surface area contributed by atoms with Gasteiger partial charge in [-0.05, 0) is 42.9 Å². The molecule has 6 nitrogen and oxygen atoms in total. The molecule has 4 rings (SSSR count). The van der Waals surface area contributed by atoms with Crippen LogP contribution in [0.5, 0.6) is 0 Å². The van der Waals surface area contributed by atoms with Crippen LogP contribution in [0.3, 0.4) is 0 Å². The number of aliphatic carboxylic acids is 1. The van der Waals surface area contributed by atoms with E-state index in [0.29, 0.717) is 31.5 Å². The van der Waals surface area contributed by atoms with E-state index in [-0.39, 0.29) is 23.9 Å². The number of hydrogen-bond acceptors (Lipinski definition) is 3. The fourth-order valence-electron chi connectivity index (χ4n) is 4.53. The second-order valence-electron chi connectivity index (χ2n) is 7.27. The van der Waals surface area contributed by atoms with Gasteiger partial charge in [0.25, 0.3) is 5.91 Å². The summed E-state index contributed by atoms with van der Waals surface area (Å²) in [5.74, 6) is -2.24. The lowest BCUT2D eigenvalue weighted by atomic mass is 9.81. The number of benzene rings is 1. The van der Waals surface area contributed by atoms with E-state index in [4.69, 9.17) is 0 Å². The Morgan fingerprint density at radius 1 is 1.32 bits per heavy atom. The number of nitrogens with zero attached hydrogens (tertiary/aromatic N) is 1. The quantitative estimate of drug-likeness (QED) is 0.858. The van der Waals surface area contributed by atoms with Crippen molar-refractivity contribution in [1.82, 2.24) is 4.90 Å². The zero-order valence-electron chi connectivity index (χ0n) is 13.7. The third-order valence-electron chi connectivity index (χ3n) is 5.90. The largest absolute Gasteiger partial charge is 0.481 e. The van der Waals surface area contributed by atoms with Crippen LogP contribution in [0.1, 0.15) is 41.6 Å². The molecule has 1 aliphatic carbocycles. The Hall–Kier alpha value is -2.44. The van der Waals surface area contributed by atoms with Crippen LogP contribution in [0.4, 0.5) is 10.1 Å². The SMILES string of the molecule is O=C1CCc2cc(C(=O)N3C[C@@H]4CCC[C@@]4(C(=O)O)C3)c(F)cc2N1. The Labute approximate surface area is 144 Å². The third-order valence-corrected chi connectivity index (χ3v) is 5.90. The lowest BCUT2D eigenvalue weighted by molar-refractivity contribution is -0.149. The molecule has 0 aromatic heterocycles. The van der Waals surface area contributed by atoms with Crippen LogP contribution in [0, 0.1) is 17.2 Å². The highest BCUT2D eigenvalue weighted by Crippen LogP contribution is 2.49. The van der Waals surface area contributed by atoms with Crippen molar-refractivity contribution in [2.24, 2.45) is 11.3 Å². The second-order valence-corrected chi connectivity index (χ2v) is 7.27. The molecular formula is C18H19FN2O4. The van der Waals surface area contributed by atoms with Crippen molar-refractivity contribution in [3.63, 3.8) is 0 Å². The maximum absolute atomic E-state index is 14.4. The van der Waals surface area contributed by atoms with E-state index in [1.165, 1.54) is 17.0 Å². The third kappa shape index (κ3) is 2.41. The first-order chi connectivity index (χ1) is 11.9. The topological polar surface area (TPSA) is 86.7 Å². The summed E-state index contributed by atoms with van der Waals surface area (Å²) in [5, 5.41) is 12.2. The van der Waals surface area contributed by atoms with E-state index >= 15 is 0 Å². The van der Waals surface area contributed by atoms with Crippen LogP contribution >= 0.6 is 0 Å². The number of likely N-dealkylation sites (tertiary alicyclic amines) is 1. The van der Waals surface area contributed by atoms with Crippen LogP contribution in [0.25, 0.3) is 0 Å². The fraction of sp³-hybridized carbons (Fsp3) is 0.500. The van der Waals surface area contributed by atoms with Crippen LogP contribution in [-0.4, -0.2) is 40.9 Å².